The Bertz CT molecular complexity index is 1680. The van der Waals surface area contributed by atoms with Crippen LogP contribution in [0.15, 0.2) is 87.7 Å². The van der Waals surface area contributed by atoms with E-state index in [1.807, 2.05) is 8.85 Å². The maximum atomic E-state index is 2.94. The quantitative estimate of drug-likeness (QED) is 0.314. The fraction of sp³-hybridized carbons (Fsp3) is 0.489. The molecule has 0 heterocycles. The van der Waals surface area contributed by atoms with Crippen LogP contribution >= 0.6 is 0 Å². The van der Waals surface area contributed by atoms with E-state index in [1.165, 1.54) is 66.3 Å². The van der Waals surface area contributed by atoms with Crippen LogP contribution in [0, 0.1) is 29.1 Å². The van der Waals surface area contributed by atoms with Crippen LogP contribution in [0.3, 0.4) is 0 Å². The number of allylic oxidation sites excluding steroid dienone is 4. The predicted octanol–water partition coefficient (Wildman–Crippen LogP) is 5.70. The molecule has 1 unspecified atom stereocenters. The Balaban J connectivity index is 0.00000201. The Morgan fingerprint density at radius 3 is 1.69 bits per heavy atom. The van der Waals surface area contributed by atoms with E-state index in [1.54, 1.807) is 11.1 Å². The number of halogens is 2. The van der Waals surface area contributed by atoms with Gasteiger partial charge in [0.15, 0.2) is 0 Å². The van der Waals surface area contributed by atoms with E-state index in [0.29, 0.717) is 15.0 Å². The number of benzene rings is 3. The molecule has 0 nitrogen and oxygen atoms in total. The average molecular weight is 757 g/mol. The molecule has 252 valence electrons. The summed E-state index contributed by atoms with van der Waals surface area (Å²) in [5.41, 5.74) is 13.3. The second-order valence-electron chi connectivity index (χ2n) is 18.1. The fourth-order valence-electron chi connectivity index (χ4n) is 10.7. The van der Waals surface area contributed by atoms with E-state index in [-0.39, 0.29) is 35.6 Å². The summed E-state index contributed by atoms with van der Waals surface area (Å²) >= 11 is -2.49. The first-order valence-electron chi connectivity index (χ1n) is 18.4. The second kappa shape index (κ2) is 13.2. The minimum Gasteiger partial charge on any atom is -1.00 e. The van der Waals surface area contributed by atoms with Crippen LogP contribution in [-0.4, -0.2) is 3.71 Å². The van der Waals surface area contributed by atoms with Gasteiger partial charge in [-0.25, -0.2) is 0 Å². The molecule has 4 fully saturated rings. The van der Waals surface area contributed by atoms with Crippen molar-refractivity contribution in [1.29, 1.82) is 0 Å². The smallest absolute Gasteiger partial charge is 1.00 e. The van der Waals surface area contributed by atoms with Crippen molar-refractivity contribution in [3.63, 3.8) is 0 Å². The molecule has 0 saturated heterocycles. The van der Waals surface area contributed by atoms with Crippen LogP contribution in [0.5, 0.6) is 0 Å². The van der Waals surface area contributed by atoms with Gasteiger partial charge in [-0.2, -0.15) is 0 Å². The average Bonchev–Trinajstić information content (AvgIpc) is 3.54. The zero-order valence-electron chi connectivity index (χ0n) is 30.2. The van der Waals surface area contributed by atoms with Crippen LogP contribution in [0.1, 0.15) is 118 Å². The van der Waals surface area contributed by atoms with E-state index in [4.69, 9.17) is 0 Å². The van der Waals surface area contributed by atoms with Crippen molar-refractivity contribution in [1.82, 2.24) is 0 Å². The molecular formula is C45H54Cl2Zr. The molecule has 1 atom stereocenters. The molecule has 0 radical (unpaired) electrons. The SMILES string of the molecule is CC1C=CC(C23CC4CC(CC(C4)C2)C3)=[C]1/[Zr+2](=[CH]/Cc1ccccc1)[CH]1c2ccc(C(C)(C)C)cc2-c2cc(C(C)(C)C)ccc21.[Cl-].[Cl-]. The first-order valence-corrected chi connectivity index (χ1v) is 22.4. The molecule has 48 heavy (non-hydrogen) atoms. The van der Waals surface area contributed by atoms with Crippen LogP contribution in [0.2, 0.25) is 0 Å². The van der Waals surface area contributed by atoms with E-state index in [0.717, 1.165) is 24.2 Å². The van der Waals surface area contributed by atoms with Gasteiger partial charge < -0.3 is 24.8 Å². The van der Waals surface area contributed by atoms with Gasteiger partial charge in [-0.1, -0.05) is 0 Å². The summed E-state index contributed by atoms with van der Waals surface area (Å²) in [6.45, 7) is 16.8. The molecule has 0 amide bonds. The van der Waals surface area contributed by atoms with E-state index in [2.05, 4.69) is 131 Å². The maximum absolute atomic E-state index is 2.94. The molecule has 4 saturated carbocycles. The molecule has 9 rings (SSSR count). The first-order chi connectivity index (χ1) is 21.9. The van der Waals surface area contributed by atoms with Crippen LogP contribution in [-0.2, 0) is 38.5 Å². The summed E-state index contributed by atoms with van der Waals surface area (Å²) in [4.78, 5) is 0. The van der Waals surface area contributed by atoms with E-state index in [9.17, 15) is 0 Å². The summed E-state index contributed by atoms with van der Waals surface area (Å²) < 4.78 is 5.43. The van der Waals surface area contributed by atoms with Crippen molar-refractivity contribution in [3.05, 3.63) is 116 Å². The van der Waals surface area contributed by atoms with Gasteiger partial charge in [0.2, 0.25) is 0 Å². The topological polar surface area (TPSA) is 0 Å². The normalized spacial score (nSPS) is 27.1. The Kier molecular flexibility index (Phi) is 9.99. The minimum atomic E-state index is -2.49. The van der Waals surface area contributed by atoms with Gasteiger partial charge in [0.05, 0.1) is 0 Å². The van der Waals surface area contributed by atoms with E-state index < -0.39 is 21.3 Å². The van der Waals surface area contributed by atoms with Crippen LogP contribution < -0.4 is 24.8 Å². The van der Waals surface area contributed by atoms with Gasteiger partial charge in [0.1, 0.15) is 0 Å². The van der Waals surface area contributed by atoms with Crippen molar-refractivity contribution < 1.29 is 46.1 Å². The maximum Gasteiger partial charge on any atom is -1.00 e. The molecule has 0 spiro atoms. The van der Waals surface area contributed by atoms with Gasteiger partial charge in [0.25, 0.3) is 0 Å². The van der Waals surface area contributed by atoms with E-state index >= 15 is 0 Å². The monoisotopic (exact) mass is 754 g/mol. The molecule has 6 aliphatic carbocycles. The Morgan fingerprint density at radius 2 is 1.21 bits per heavy atom. The number of fused-ring (bicyclic) bond motifs is 3. The molecule has 3 aromatic carbocycles. The zero-order chi connectivity index (χ0) is 32.0. The van der Waals surface area contributed by atoms with Crippen molar-refractivity contribution in [2.45, 2.75) is 108 Å². The third kappa shape index (κ3) is 6.30. The molecular weight excluding hydrogens is 703 g/mol. The predicted molar refractivity (Wildman–Crippen MR) is 193 cm³/mol. The number of hydrogen-bond acceptors (Lipinski definition) is 0. The van der Waals surface area contributed by atoms with Crippen molar-refractivity contribution >= 4 is 3.71 Å². The van der Waals surface area contributed by atoms with Crippen LogP contribution in [0.4, 0.5) is 0 Å². The standard InChI is InChI=1S/C21H25.C16H21.C8H8.2ClH.Zr/c1-20(2,3)16-9-7-14-11-15-8-10-17(21(4,5)6)13-19(15)18(14)12-16;1-11-2-3-15(4-11)16-8-12-5-13(9-16)7-14(6-12)10-16;1-2-8-6-4-3-5-7-8;;;/h7-13H,1-6H3;2-3,11-14H,5-10H2,1H3;1,3-7H,2H2;2*1H;/q;;;;;+2/p-2. The molecule has 0 aliphatic heterocycles. The largest absolute Gasteiger partial charge is 1.00 e. The molecule has 4 bridgehead atoms. The number of hydrogen-bond donors (Lipinski definition) is 0. The Hall–Kier alpha value is -1.53. The Labute approximate surface area is 311 Å². The summed E-state index contributed by atoms with van der Waals surface area (Å²) in [6.07, 6.45) is 15.4. The van der Waals surface area contributed by atoms with Crippen molar-refractivity contribution in [3.8, 4) is 11.1 Å². The van der Waals surface area contributed by atoms with Gasteiger partial charge in [0, 0.05) is 0 Å². The van der Waals surface area contributed by atoms with Gasteiger partial charge >= 0.3 is 289 Å². The zero-order valence-corrected chi connectivity index (χ0v) is 34.1. The van der Waals surface area contributed by atoms with Crippen molar-refractivity contribution in [2.24, 2.45) is 29.1 Å². The summed E-state index contributed by atoms with van der Waals surface area (Å²) in [6, 6.07) is 26.6. The molecule has 6 aliphatic rings. The van der Waals surface area contributed by atoms with Crippen molar-refractivity contribution in [2.75, 3.05) is 0 Å². The third-order valence-corrected chi connectivity index (χ3v) is 20.6. The van der Waals surface area contributed by atoms with Crippen LogP contribution in [0.25, 0.3) is 11.1 Å². The molecule has 0 aromatic heterocycles. The summed E-state index contributed by atoms with van der Waals surface area (Å²) in [5, 5.41) is 0. The summed E-state index contributed by atoms with van der Waals surface area (Å²) in [7, 11) is 0. The molecule has 3 aromatic rings. The first kappa shape index (κ1) is 36.3. The number of rotatable bonds is 5. The van der Waals surface area contributed by atoms with Gasteiger partial charge in [-0.05, 0) is 0 Å². The third-order valence-electron chi connectivity index (χ3n) is 12.7. The van der Waals surface area contributed by atoms with Gasteiger partial charge in [-0.15, -0.1) is 0 Å². The molecule has 3 heteroatoms. The fourth-order valence-corrected chi connectivity index (χ4v) is 19.8. The molecule has 0 N–H and O–H groups in total. The Morgan fingerprint density at radius 1 is 0.708 bits per heavy atom. The second-order valence-corrected chi connectivity index (χ2v) is 24.0. The van der Waals surface area contributed by atoms with Gasteiger partial charge in [-0.3, -0.25) is 0 Å². The minimum absolute atomic E-state index is 0. The summed E-state index contributed by atoms with van der Waals surface area (Å²) in [5.74, 6) is 3.50.